The Morgan fingerprint density at radius 1 is 1.24 bits per heavy atom. The summed E-state index contributed by atoms with van der Waals surface area (Å²) in [6.07, 6.45) is 2.34. The standard InChI is InChI=1S/C17H25N3O4S/c1-12-5-7-19(8-6-12)13-10-20(11-13)25(22,23)14-3-4-16(24-2)15(9-14)17(18)21/h3-4,9,12-13H,5-8,10-11H2,1-2H3,(H2,18,21). The second-order valence-electron chi connectivity index (χ2n) is 6.92. The van der Waals surface area contributed by atoms with Gasteiger partial charge in [0.2, 0.25) is 10.0 Å². The maximum absolute atomic E-state index is 12.8. The molecule has 2 aliphatic heterocycles. The highest BCUT2D eigenvalue weighted by Gasteiger charge is 2.40. The van der Waals surface area contributed by atoms with Gasteiger partial charge in [-0.05, 0) is 50.0 Å². The molecule has 1 aromatic rings. The zero-order valence-corrected chi connectivity index (χ0v) is 15.5. The van der Waals surface area contributed by atoms with Gasteiger partial charge in [-0.15, -0.1) is 0 Å². The van der Waals surface area contributed by atoms with Crippen LogP contribution >= 0.6 is 0 Å². The molecule has 138 valence electrons. The molecule has 3 rings (SSSR count). The number of hydrogen-bond donors (Lipinski definition) is 1. The summed E-state index contributed by atoms with van der Waals surface area (Å²) in [4.78, 5) is 14.0. The molecule has 0 atom stereocenters. The third-order valence-electron chi connectivity index (χ3n) is 5.24. The molecule has 0 unspecified atom stereocenters. The highest BCUT2D eigenvalue weighted by atomic mass is 32.2. The van der Waals surface area contributed by atoms with E-state index in [1.54, 1.807) is 0 Å². The number of piperidine rings is 1. The summed E-state index contributed by atoms with van der Waals surface area (Å²) in [7, 11) is -2.21. The monoisotopic (exact) mass is 367 g/mol. The molecule has 7 nitrogen and oxygen atoms in total. The highest BCUT2D eigenvalue weighted by Crippen LogP contribution is 2.29. The summed E-state index contributed by atoms with van der Waals surface area (Å²) in [5, 5.41) is 0. The van der Waals surface area contributed by atoms with Crippen molar-refractivity contribution >= 4 is 15.9 Å². The number of rotatable bonds is 5. The number of carbonyl (C=O) groups is 1. The van der Waals surface area contributed by atoms with Crippen LogP contribution in [0.25, 0.3) is 0 Å². The fourth-order valence-corrected chi connectivity index (χ4v) is 4.97. The molecule has 2 aliphatic rings. The van der Waals surface area contributed by atoms with Crippen molar-refractivity contribution < 1.29 is 17.9 Å². The molecule has 2 saturated heterocycles. The lowest BCUT2D eigenvalue weighted by molar-refractivity contribution is 0.0597. The van der Waals surface area contributed by atoms with Crippen LogP contribution in [0.15, 0.2) is 23.1 Å². The predicted molar refractivity (Wildman–Crippen MR) is 94.0 cm³/mol. The molecule has 0 bridgehead atoms. The number of benzene rings is 1. The maximum atomic E-state index is 12.8. The normalized spacial score (nSPS) is 21.0. The number of nitrogens with zero attached hydrogens (tertiary/aromatic N) is 2. The van der Waals surface area contributed by atoms with Gasteiger partial charge >= 0.3 is 0 Å². The molecule has 0 aliphatic carbocycles. The largest absolute Gasteiger partial charge is 0.496 e. The minimum Gasteiger partial charge on any atom is -0.496 e. The first-order chi connectivity index (χ1) is 11.8. The van der Waals surface area contributed by atoms with Gasteiger partial charge in [0, 0.05) is 19.1 Å². The minimum absolute atomic E-state index is 0.0747. The summed E-state index contributed by atoms with van der Waals surface area (Å²) >= 11 is 0. The molecule has 25 heavy (non-hydrogen) atoms. The van der Waals surface area contributed by atoms with Gasteiger partial charge in [-0.25, -0.2) is 8.42 Å². The summed E-state index contributed by atoms with van der Waals surface area (Å²) in [6, 6.07) is 4.51. The molecule has 1 aromatic carbocycles. The van der Waals surface area contributed by atoms with E-state index in [2.05, 4.69) is 11.8 Å². The fourth-order valence-electron chi connectivity index (χ4n) is 3.43. The van der Waals surface area contributed by atoms with Crippen LogP contribution in [-0.4, -0.2) is 62.9 Å². The van der Waals surface area contributed by atoms with Crippen LogP contribution in [0.1, 0.15) is 30.1 Å². The van der Waals surface area contributed by atoms with Crippen molar-refractivity contribution in [3.63, 3.8) is 0 Å². The molecule has 8 heteroatoms. The Bertz CT molecular complexity index is 751. The molecule has 0 saturated carbocycles. The maximum Gasteiger partial charge on any atom is 0.252 e. The van der Waals surface area contributed by atoms with Crippen LogP contribution in [0.2, 0.25) is 0 Å². The first-order valence-electron chi connectivity index (χ1n) is 8.55. The van der Waals surface area contributed by atoms with E-state index in [-0.39, 0.29) is 22.3 Å². The molecule has 0 aromatic heterocycles. The molecule has 2 fully saturated rings. The summed E-state index contributed by atoms with van der Waals surface area (Å²) in [5.41, 5.74) is 5.40. The molecular weight excluding hydrogens is 342 g/mol. The zero-order chi connectivity index (χ0) is 18.2. The lowest BCUT2D eigenvalue weighted by Crippen LogP contribution is -2.61. The van der Waals surface area contributed by atoms with E-state index in [0.717, 1.165) is 19.0 Å². The van der Waals surface area contributed by atoms with E-state index >= 15 is 0 Å². The van der Waals surface area contributed by atoms with Crippen molar-refractivity contribution in [1.82, 2.24) is 9.21 Å². The Labute approximate surface area is 148 Å². The minimum atomic E-state index is -3.62. The number of primary amides is 1. The topological polar surface area (TPSA) is 92.9 Å². The Morgan fingerprint density at radius 2 is 1.88 bits per heavy atom. The van der Waals surface area contributed by atoms with Crippen LogP contribution in [0.5, 0.6) is 5.75 Å². The van der Waals surface area contributed by atoms with Crippen molar-refractivity contribution in [3.8, 4) is 5.75 Å². The second kappa shape index (κ2) is 6.93. The van der Waals surface area contributed by atoms with E-state index in [1.807, 2.05) is 0 Å². The number of ether oxygens (including phenoxy) is 1. The second-order valence-corrected chi connectivity index (χ2v) is 8.86. The fraction of sp³-hybridized carbons (Fsp3) is 0.588. The molecule has 1 amide bonds. The van der Waals surface area contributed by atoms with Crippen molar-refractivity contribution in [1.29, 1.82) is 0 Å². The van der Waals surface area contributed by atoms with Crippen molar-refractivity contribution in [2.75, 3.05) is 33.3 Å². The van der Waals surface area contributed by atoms with E-state index < -0.39 is 15.9 Å². The quantitative estimate of drug-likeness (QED) is 0.835. The van der Waals surface area contributed by atoms with Gasteiger partial charge in [0.15, 0.2) is 0 Å². The Hall–Kier alpha value is -1.64. The highest BCUT2D eigenvalue weighted by molar-refractivity contribution is 7.89. The SMILES string of the molecule is COc1ccc(S(=O)(=O)N2CC(N3CCC(C)CC3)C2)cc1C(N)=O. The molecular formula is C17H25N3O4S. The van der Waals surface area contributed by atoms with Crippen LogP contribution in [0.3, 0.4) is 0 Å². The van der Waals surface area contributed by atoms with E-state index in [0.29, 0.717) is 13.1 Å². The van der Waals surface area contributed by atoms with Crippen molar-refractivity contribution in [2.45, 2.75) is 30.7 Å². The predicted octanol–water partition coefficient (Wildman–Crippen LogP) is 0.899. The molecule has 2 N–H and O–H groups in total. The van der Waals surface area contributed by atoms with Crippen LogP contribution < -0.4 is 10.5 Å². The number of nitrogens with two attached hydrogens (primary N) is 1. The zero-order valence-electron chi connectivity index (χ0n) is 14.6. The lowest BCUT2D eigenvalue weighted by Gasteiger charge is -2.46. The third-order valence-corrected chi connectivity index (χ3v) is 7.07. The number of sulfonamides is 1. The van der Waals surface area contributed by atoms with Gasteiger partial charge in [0.25, 0.3) is 5.91 Å². The first-order valence-corrected chi connectivity index (χ1v) is 9.99. The van der Waals surface area contributed by atoms with Crippen LogP contribution in [-0.2, 0) is 10.0 Å². The average Bonchev–Trinajstić information content (AvgIpc) is 2.54. The Kier molecular flexibility index (Phi) is 5.04. The third kappa shape index (κ3) is 3.51. The van der Waals surface area contributed by atoms with E-state index in [9.17, 15) is 13.2 Å². The smallest absolute Gasteiger partial charge is 0.252 e. The van der Waals surface area contributed by atoms with Gasteiger partial charge < -0.3 is 10.5 Å². The molecule has 0 radical (unpaired) electrons. The van der Waals surface area contributed by atoms with Crippen LogP contribution in [0, 0.1) is 5.92 Å². The first kappa shape index (κ1) is 18.2. The van der Waals surface area contributed by atoms with E-state index in [4.69, 9.17) is 10.5 Å². The van der Waals surface area contributed by atoms with Gasteiger partial charge in [0.05, 0.1) is 17.6 Å². The van der Waals surface area contributed by atoms with Gasteiger partial charge in [-0.2, -0.15) is 4.31 Å². The van der Waals surface area contributed by atoms with Crippen molar-refractivity contribution in [3.05, 3.63) is 23.8 Å². The number of likely N-dealkylation sites (tertiary alicyclic amines) is 1. The summed E-state index contributed by atoms with van der Waals surface area (Å²) in [6.45, 7) is 5.32. The average molecular weight is 367 g/mol. The Balaban J connectivity index is 1.71. The van der Waals surface area contributed by atoms with Crippen molar-refractivity contribution in [2.24, 2.45) is 11.7 Å². The molecule has 2 heterocycles. The Morgan fingerprint density at radius 3 is 2.44 bits per heavy atom. The van der Waals surface area contributed by atoms with E-state index in [1.165, 1.54) is 42.5 Å². The summed E-state index contributed by atoms with van der Waals surface area (Å²) < 4.78 is 32.1. The number of carbonyl (C=O) groups excluding carboxylic acids is 1. The number of amides is 1. The van der Waals surface area contributed by atoms with Gasteiger partial charge in [0.1, 0.15) is 5.75 Å². The van der Waals surface area contributed by atoms with Crippen LogP contribution in [0.4, 0.5) is 0 Å². The van der Waals surface area contributed by atoms with Gasteiger partial charge in [-0.3, -0.25) is 9.69 Å². The number of hydrogen-bond acceptors (Lipinski definition) is 5. The molecule has 0 spiro atoms. The van der Waals surface area contributed by atoms with Gasteiger partial charge in [-0.1, -0.05) is 6.92 Å². The lowest BCUT2D eigenvalue weighted by atomic mass is 9.97. The summed E-state index contributed by atoms with van der Waals surface area (Å²) in [5.74, 6) is 0.316. The number of methoxy groups -OCH3 is 1.